The number of carbonyl (C=O) groups is 2. The summed E-state index contributed by atoms with van der Waals surface area (Å²) in [4.78, 5) is 24.1. The molecule has 98 valence electrons. The molecule has 0 saturated carbocycles. The molecule has 1 unspecified atom stereocenters. The van der Waals surface area contributed by atoms with Gasteiger partial charge in [-0.25, -0.2) is 4.79 Å². The lowest BCUT2D eigenvalue weighted by atomic mass is 10.1. The molecule has 0 aliphatic rings. The molecule has 0 bridgehead atoms. The van der Waals surface area contributed by atoms with E-state index in [1.807, 2.05) is 0 Å². The standard InChI is InChI=1S/C12H15BrN2O3/c1-3-8(12(17)18)15(2)9-6-4-5-7(13)10(9)11(14)16/h4-6,8H,3H2,1-2H3,(H2,14,16)(H,17,18). The molecule has 0 aliphatic heterocycles. The fourth-order valence-corrected chi connectivity index (χ4v) is 2.38. The molecule has 0 heterocycles. The van der Waals surface area contributed by atoms with Crippen molar-refractivity contribution in [3.05, 3.63) is 28.2 Å². The van der Waals surface area contributed by atoms with Gasteiger partial charge >= 0.3 is 5.97 Å². The Kier molecular flexibility index (Phi) is 4.72. The minimum atomic E-state index is -0.935. The molecule has 1 atom stereocenters. The fraction of sp³-hybridized carbons (Fsp3) is 0.333. The quantitative estimate of drug-likeness (QED) is 0.868. The Labute approximate surface area is 114 Å². The molecule has 1 amide bonds. The summed E-state index contributed by atoms with van der Waals surface area (Å²) in [6, 6.07) is 4.41. The van der Waals surface area contributed by atoms with Gasteiger partial charge in [0.1, 0.15) is 6.04 Å². The normalized spacial score (nSPS) is 11.9. The van der Waals surface area contributed by atoms with Crippen LogP contribution in [0.2, 0.25) is 0 Å². The van der Waals surface area contributed by atoms with Gasteiger partial charge in [0.25, 0.3) is 5.91 Å². The number of halogens is 1. The number of aliphatic carboxylic acids is 1. The highest BCUT2D eigenvalue weighted by Gasteiger charge is 2.24. The number of rotatable bonds is 5. The zero-order valence-corrected chi connectivity index (χ0v) is 11.8. The lowest BCUT2D eigenvalue weighted by Crippen LogP contribution is -2.39. The Balaban J connectivity index is 3.28. The maximum atomic E-state index is 11.4. The Morgan fingerprint density at radius 3 is 2.56 bits per heavy atom. The van der Waals surface area contributed by atoms with E-state index in [4.69, 9.17) is 10.8 Å². The van der Waals surface area contributed by atoms with Crippen LogP contribution < -0.4 is 10.6 Å². The van der Waals surface area contributed by atoms with Crippen LogP contribution >= 0.6 is 15.9 Å². The van der Waals surface area contributed by atoms with E-state index < -0.39 is 17.9 Å². The number of carboxylic acid groups (broad SMARTS) is 1. The van der Waals surface area contributed by atoms with E-state index in [0.717, 1.165) is 0 Å². The molecular weight excluding hydrogens is 300 g/mol. The van der Waals surface area contributed by atoms with Crippen molar-refractivity contribution in [3.8, 4) is 0 Å². The molecule has 1 rings (SSSR count). The van der Waals surface area contributed by atoms with Gasteiger partial charge in [-0.3, -0.25) is 4.79 Å². The number of hydrogen-bond donors (Lipinski definition) is 2. The second kappa shape index (κ2) is 5.86. The molecule has 0 aliphatic carbocycles. The summed E-state index contributed by atoms with van der Waals surface area (Å²) in [5, 5.41) is 9.13. The van der Waals surface area contributed by atoms with Gasteiger partial charge in [-0.1, -0.05) is 13.0 Å². The van der Waals surface area contributed by atoms with E-state index in [2.05, 4.69) is 15.9 Å². The van der Waals surface area contributed by atoms with Crippen molar-refractivity contribution in [2.75, 3.05) is 11.9 Å². The zero-order valence-electron chi connectivity index (χ0n) is 10.2. The van der Waals surface area contributed by atoms with Crippen LogP contribution in [0, 0.1) is 0 Å². The molecule has 1 aromatic rings. The zero-order chi connectivity index (χ0) is 13.9. The first-order chi connectivity index (χ1) is 8.40. The highest BCUT2D eigenvalue weighted by molar-refractivity contribution is 9.10. The third kappa shape index (κ3) is 2.81. The molecule has 0 spiro atoms. The van der Waals surface area contributed by atoms with Gasteiger partial charge in [-0.2, -0.15) is 0 Å². The van der Waals surface area contributed by atoms with Crippen LogP contribution in [0.5, 0.6) is 0 Å². The molecule has 1 aromatic carbocycles. The fourth-order valence-electron chi connectivity index (χ4n) is 1.83. The third-order valence-corrected chi connectivity index (χ3v) is 3.42. The number of carbonyl (C=O) groups excluding carboxylic acids is 1. The van der Waals surface area contributed by atoms with Gasteiger partial charge < -0.3 is 15.7 Å². The van der Waals surface area contributed by atoms with Gasteiger partial charge in [0.15, 0.2) is 0 Å². The van der Waals surface area contributed by atoms with Crippen molar-refractivity contribution in [2.24, 2.45) is 5.73 Å². The summed E-state index contributed by atoms with van der Waals surface area (Å²) in [6.07, 6.45) is 0.427. The SMILES string of the molecule is CCC(C(=O)O)N(C)c1cccc(Br)c1C(N)=O. The Bertz CT molecular complexity index is 476. The molecule has 0 fully saturated rings. The second-order valence-electron chi connectivity index (χ2n) is 3.87. The van der Waals surface area contributed by atoms with Crippen molar-refractivity contribution in [1.29, 1.82) is 0 Å². The molecule has 18 heavy (non-hydrogen) atoms. The molecule has 0 saturated heterocycles. The third-order valence-electron chi connectivity index (χ3n) is 2.76. The summed E-state index contributed by atoms with van der Waals surface area (Å²) < 4.78 is 0.555. The maximum absolute atomic E-state index is 11.4. The van der Waals surface area contributed by atoms with Crippen molar-refractivity contribution < 1.29 is 14.7 Å². The van der Waals surface area contributed by atoms with Crippen LogP contribution in [-0.4, -0.2) is 30.1 Å². The summed E-state index contributed by atoms with van der Waals surface area (Å²) in [5.74, 6) is -1.53. The molecule has 3 N–H and O–H groups in total. The van der Waals surface area contributed by atoms with Crippen molar-refractivity contribution in [1.82, 2.24) is 0 Å². The highest BCUT2D eigenvalue weighted by Crippen LogP contribution is 2.28. The number of benzene rings is 1. The predicted molar refractivity (Wildman–Crippen MR) is 72.8 cm³/mol. The number of amides is 1. The van der Waals surface area contributed by atoms with Gasteiger partial charge in [-0.05, 0) is 34.5 Å². The Hall–Kier alpha value is -1.56. The lowest BCUT2D eigenvalue weighted by Gasteiger charge is -2.27. The highest BCUT2D eigenvalue weighted by atomic mass is 79.9. The number of likely N-dealkylation sites (N-methyl/N-ethyl adjacent to an activating group) is 1. The Morgan fingerprint density at radius 1 is 1.50 bits per heavy atom. The molecule has 0 aromatic heterocycles. The van der Waals surface area contributed by atoms with E-state index in [1.165, 1.54) is 0 Å². The average Bonchev–Trinajstić information content (AvgIpc) is 2.28. The van der Waals surface area contributed by atoms with Crippen LogP contribution in [0.4, 0.5) is 5.69 Å². The predicted octanol–water partition coefficient (Wildman–Crippen LogP) is 1.85. The number of hydrogen-bond acceptors (Lipinski definition) is 3. The summed E-state index contributed by atoms with van der Waals surface area (Å²) in [6.45, 7) is 1.78. The van der Waals surface area contributed by atoms with E-state index in [9.17, 15) is 9.59 Å². The van der Waals surface area contributed by atoms with Crippen LogP contribution in [0.25, 0.3) is 0 Å². The maximum Gasteiger partial charge on any atom is 0.326 e. The van der Waals surface area contributed by atoms with E-state index >= 15 is 0 Å². The van der Waals surface area contributed by atoms with Crippen LogP contribution in [-0.2, 0) is 4.79 Å². The van der Waals surface area contributed by atoms with Crippen LogP contribution in [0.1, 0.15) is 23.7 Å². The van der Waals surface area contributed by atoms with Gasteiger partial charge in [-0.15, -0.1) is 0 Å². The van der Waals surface area contributed by atoms with Crippen LogP contribution in [0.3, 0.4) is 0 Å². The smallest absolute Gasteiger partial charge is 0.326 e. The van der Waals surface area contributed by atoms with Gasteiger partial charge in [0.05, 0.1) is 11.3 Å². The summed E-state index contributed by atoms with van der Waals surface area (Å²) >= 11 is 3.25. The average molecular weight is 315 g/mol. The lowest BCUT2D eigenvalue weighted by molar-refractivity contribution is -0.138. The molecule has 5 nitrogen and oxygen atoms in total. The van der Waals surface area contributed by atoms with E-state index in [-0.39, 0.29) is 0 Å². The molecule has 0 radical (unpaired) electrons. The summed E-state index contributed by atoms with van der Waals surface area (Å²) in [5.41, 5.74) is 6.12. The number of primary amides is 1. The summed E-state index contributed by atoms with van der Waals surface area (Å²) in [7, 11) is 1.64. The van der Waals surface area contributed by atoms with Crippen molar-refractivity contribution in [2.45, 2.75) is 19.4 Å². The van der Waals surface area contributed by atoms with Crippen molar-refractivity contribution >= 4 is 33.5 Å². The first-order valence-corrected chi connectivity index (χ1v) is 6.23. The monoisotopic (exact) mass is 314 g/mol. The van der Waals surface area contributed by atoms with Crippen molar-refractivity contribution in [3.63, 3.8) is 0 Å². The number of carboxylic acids is 1. The van der Waals surface area contributed by atoms with E-state index in [0.29, 0.717) is 22.1 Å². The minimum Gasteiger partial charge on any atom is -0.480 e. The number of nitrogens with two attached hydrogens (primary N) is 1. The second-order valence-corrected chi connectivity index (χ2v) is 4.73. The number of nitrogens with zero attached hydrogens (tertiary/aromatic N) is 1. The Morgan fingerprint density at radius 2 is 2.11 bits per heavy atom. The van der Waals surface area contributed by atoms with Crippen LogP contribution in [0.15, 0.2) is 22.7 Å². The van der Waals surface area contributed by atoms with E-state index in [1.54, 1.807) is 37.1 Å². The molecular formula is C12H15BrN2O3. The number of anilines is 1. The van der Waals surface area contributed by atoms with Gasteiger partial charge in [0.2, 0.25) is 0 Å². The first kappa shape index (κ1) is 14.5. The molecule has 6 heteroatoms. The topological polar surface area (TPSA) is 83.6 Å². The van der Waals surface area contributed by atoms with Gasteiger partial charge in [0, 0.05) is 11.5 Å². The first-order valence-electron chi connectivity index (χ1n) is 5.44. The minimum absolute atomic E-state index is 0.291. The largest absolute Gasteiger partial charge is 0.480 e.